The molecule has 0 saturated heterocycles. The van der Waals surface area contributed by atoms with E-state index in [-0.39, 0.29) is 17.3 Å². The molecule has 1 aliphatic rings. The lowest BCUT2D eigenvalue weighted by Crippen LogP contribution is -2.20. The van der Waals surface area contributed by atoms with Crippen molar-refractivity contribution >= 4 is 5.78 Å². The van der Waals surface area contributed by atoms with E-state index in [1.54, 1.807) is 22.9 Å². The third kappa shape index (κ3) is 2.67. The van der Waals surface area contributed by atoms with Crippen LogP contribution in [0.15, 0.2) is 47.7 Å². The van der Waals surface area contributed by atoms with Gasteiger partial charge in [0.05, 0.1) is 0 Å². The fourth-order valence-corrected chi connectivity index (χ4v) is 2.18. The molecule has 0 amide bonds. The van der Waals surface area contributed by atoms with Crippen LogP contribution in [-0.2, 0) is 13.1 Å². The van der Waals surface area contributed by atoms with Gasteiger partial charge in [0, 0.05) is 49.2 Å². The van der Waals surface area contributed by atoms with E-state index in [2.05, 4.69) is 0 Å². The van der Waals surface area contributed by atoms with Crippen LogP contribution < -0.4 is 5.56 Å². The zero-order chi connectivity index (χ0) is 13.2. The maximum atomic E-state index is 11.9. The zero-order valence-corrected chi connectivity index (χ0v) is 10.7. The molecule has 98 valence electrons. The lowest BCUT2D eigenvalue weighted by atomic mass is 10.1. The Morgan fingerprint density at radius 3 is 2.74 bits per heavy atom. The second-order valence-electron chi connectivity index (χ2n) is 5.01. The first-order valence-corrected chi connectivity index (χ1v) is 6.59. The van der Waals surface area contributed by atoms with Gasteiger partial charge in [-0.3, -0.25) is 9.59 Å². The number of aryl methyl sites for hydroxylation is 2. The van der Waals surface area contributed by atoms with Crippen LogP contribution in [0.5, 0.6) is 0 Å². The predicted octanol–water partition coefficient (Wildman–Crippen LogP) is 1.94. The van der Waals surface area contributed by atoms with E-state index < -0.39 is 0 Å². The molecule has 0 radical (unpaired) electrons. The fraction of sp³-hybridized carbons (Fsp3) is 0.333. The summed E-state index contributed by atoms with van der Waals surface area (Å²) in [6.45, 7) is 1.31. The van der Waals surface area contributed by atoms with Gasteiger partial charge in [-0.25, -0.2) is 0 Å². The van der Waals surface area contributed by atoms with E-state index in [9.17, 15) is 9.59 Å². The molecule has 4 heteroatoms. The molecule has 3 rings (SSSR count). The molecule has 1 saturated carbocycles. The first-order chi connectivity index (χ1) is 9.24. The highest BCUT2D eigenvalue weighted by molar-refractivity contribution is 5.99. The molecule has 0 aromatic carbocycles. The number of hydrogen-bond donors (Lipinski definition) is 0. The molecule has 0 atom stereocenters. The van der Waals surface area contributed by atoms with E-state index >= 15 is 0 Å². The van der Waals surface area contributed by atoms with Gasteiger partial charge >= 0.3 is 0 Å². The number of nitrogens with zero attached hydrogens (tertiary/aromatic N) is 2. The van der Waals surface area contributed by atoms with Crippen molar-refractivity contribution in [2.45, 2.75) is 25.9 Å². The summed E-state index contributed by atoms with van der Waals surface area (Å²) >= 11 is 0. The highest BCUT2D eigenvalue weighted by Gasteiger charge is 2.30. The minimum absolute atomic E-state index is 0.00364. The third-order valence-electron chi connectivity index (χ3n) is 3.48. The van der Waals surface area contributed by atoms with Crippen LogP contribution in [0.25, 0.3) is 0 Å². The Bertz CT molecular complexity index is 650. The average Bonchev–Trinajstić information content (AvgIpc) is 3.16. The van der Waals surface area contributed by atoms with Crippen LogP contribution in [0.3, 0.4) is 0 Å². The lowest BCUT2D eigenvalue weighted by molar-refractivity contribution is 0.0967. The van der Waals surface area contributed by atoms with Gasteiger partial charge in [0.15, 0.2) is 5.78 Å². The summed E-state index contributed by atoms with van der Waals surface area (Å²) < 4.78 is 3.64. The van der Waals surface area contributed by atoms with Crippen molar-refractivity contribution in [3.63, 3.8) is 0 Å². The number of carbonyl (C=O) groups excluding carboxylic acids is 1. The average molecular weight is 256 g/mol. The molecule has 0 unspecified atom stereocenters. The summed E-state index contributed by atoms with van der Waals surface area (Å²) in [6.07, 6.45) is 7.63. The van der Waals surface area contributed by atoms with E-state index in [1.165, 1.54) is 0 Å². The van der Waals surface area contributed by atoms with Crippen molar-refractivity contribution in [2.24, 2.45) is 5.92 Å². The van der Waals surface area contributed by atoms with E-state index in [1.807, 2.05) is 29.1 Å². The SMILES string of the molecule is O=C(c1ccn(CCn2ccccc2=O)c1)C1CC1. The maximum Gasteiger partial charge on any atom is 0.250 e. The quantitative estimate of drug-likeness (QED) is 0.767. The van der Waals surface area contributed by atoms with Gasteiger partial charge in [-0.2, -0.15) is 0 Å². The van der Waals surface area contributed by atoms with Crippen LogP contribution >= 0.6 is 0 Å². The van der Waals surface area contributed by atoms with Crippen LogP contribution in [0.4, 0.5) is 0 Å². The number of ketones is 1. The molecule has 19 heavy (non-hydrogen) atoms. The van der Waals surface area contributed by atoms with Gasteiger partial charge in [0.25, 0.3) is 5.56 Å². The van der Waals surface area contributed by atoms with E-state index in [0.717, 1.165) is 18.4 Å². The third-order valence-corrected chi connectivity index (χ3v) is 3.48. The largest absolute Gasteiger partial charge is 0.352 e. The predicted molar refractivity (Wildman–Crippen MR) is 72.2 cm³/mol. The van der Waals surface area contributed by atoms with Crippen molar-refractivity contribution in [1.82, 2.24) is 9.13 Å². The van der Waals surface area contributed by atoms with Crippen molar-refractivity contribution in [3.8, 4) is 0 Å². The second-order valence-corrected chi connectivity index (χ2v) is 5.01. The zero-order valence-electron chi connectivity index (χ0n) is 10.7. The second kappa shape index (κ2) is 4.88. The highest BCUT2D eigenvalue weighted by Crippen LogP contribution is 2.32. The first kappa shape index (κ1) is 12.0. The Labute approximate surface area is 111 Å². The molecule has 2 heterocycles. The maximum absolute atomic E-state index is 11.9. The Hall–Kier alpha value is -2.10. The number of Topliss-reactive ketones (excluding diaryl/α,β-unsaturated/α-hetero) is 1. The minimum atomic E-state index is 0.00364. The molecule has 0 aliphatic heterocycles. The fourth-order valence-electron chi connectivity index (χ4n) is 2.18. The standard InChI is InChI=1S/C15H16N2O2/c18-14-3-1-2-7-17(14)10-9-16-8-6-13(11-16)15(19)12-4-5-12/h1-3,6-8,11-12H,4-5,9-10H2. The number of rotatable bonds is 5. The molecule has 2 aromatic heterocycles. The van der Waals surface area contributed by atoms with Crippen molar-refractivity contribution in [1.29, 1.82) is 0 Å². The van der Waals surface area contributed by atoms with Crippen LogP contribution in [0.1, 0.15) is 23.2 Å². The van der Waals surface area contributed by atoms with Crippen LogP contribution in [-0.4, -0.2) is 14.9 Å². The van der Waals surface area contributed by atoms with Crippen LogP contribution in [0.2, 0.25) is 0 Å². The molecule has 0 bridgehead atoms. The van der Waals surface area contributed by atoms with Gasteiger partial charge in [0.2, 0.25) is 0 Å². The molecule has 0 N–H and O–H groups in total. The van der Waals surface area contributed by atoms with Crippen molar-refractivity contribution in [2.75, 3.05) is 0 Å². The van der Waals surface area contributed by atoms with E-state index in [4.69, 9.17) is 0 Å². The molecule has 0 spiro atoms. The van der Waals surface area contributed by atoms with Gasteiger partial charge < -0.3 is 9.13 Å². The number of pyridine rings is 1. The molecular formula is C15H16N2O2. The summed E-state index contributed by atoms with van der Waals surface area (Å²) in [5.74, 6) is 0.517. The number of carbonyl (C=O) groups is 1. The Morgan fingerprint density at radius 1 is 1.16 bits per heavy atom. The molecule has 2 aromatic rings. The van der Waals surface area contributed by atoms with Crippen molar-refractivity contribution < 1.29 is 4.79 Å². The Kier molecular flexibility index (Phi) is 3.07. The first-order valence-electron chi connectivity index (χ1n) is 6.59. The number of hydrogen-bond acceptors (Lipinski definition) is 2. The topological polar surface area (TPSA) is 44.0 Å². The summed E-state index contributed by atoms with van der Waals surface area (Å²) in [6, 6.07) is 7.01. The van der Waals surface area contributed by atoms with Gasteiger partial charge in [-0.1, -0.05) is 6.07 Å². The van der Waals surface area contributed by atoms with E-state index in [0.29, 0.717) is 13.1 Å². The normalized spacial score (nSPS) is 14.5. The van der Waals surface area contributed by atoms with Gasteiger partial charge in [-0.15, -0.1) is 0 Å². The Morgan fingerprint density at radius 2 is 2.00 bits per heavy atom. The Balaban J connectivity index is 1.66. The molecule has 1 fully saturated rings. The lowest BCUT2D eigenvalue weighted by Gasteiger charge is -2.05. The minimum Gasteiger partial charge on any atom is -0.352 e. The number of aromatic nitrogens is 2. The smallest absolute Gasteiger partial charge is 0.250 e. The highest BCUT2D eigenvalue weighted by atomic mass is 16.1. The summed E-state index contributed by atoms with van der Waals surface area (Å²) in [4.78, 5) is 23.4. The van der Waals surface area contributed by atoms with Gasteiger partial charge in [-0.05, 0) is 25.0 Å². The summed E-state index contributed by atoms with van der Waals surface area (Å²) in [5.41, 5.74) is 0.798. The molecule has 1 aliphatic carbocycles. The van der Waals surface area contributed by atoms with Crippen molar-refractivity contribution in [3.05, 3.63) is 58.8 Å². The monoisotopic (exact) mass is 256 g/mol. The molecule has 4 nitrogen and oxygen atoms in total. The van der Waals surface area contributed by atoms with Crippen LogP contribution in [0, 0.1) is 5.92 Å². The summed E-state index contributed by atoms with van der Waals surface area (Å²) in [5, 5.41) is 0. The van der Waals surface area contributed by atoms with Gasteiger partial charge in [0.1, 0.15) is 0 Å². The summed E-state index contributed by atoms with van der Waals surface area (Å²) in [7, 11) is 0. The molecular weight excluding hydrogens is 240 g/mol.